The third kappa shape index (κ3) is 9.95. The summed E-state index contributed by atoms with van der Waals surface area (Å²) in [6.45, 7) is 1.10. The van der Waals surface area contributed by atoms with Crippen LogP contribution < -0.4 is 21.3 Å². The van der Waals surface area contributed by atoms with Gasteiger partial charge >= 0.3 is 6.09 Å². The highest BCUT2D eigenvalue weighted by Gasteiger charge is 2.27. The summed E-state index contributed by atoms with van der Waals surface area (Å²) < 4.78 is 10.9. The Morgan fingerprint density at radius 1 is 1.02 bits per heavy atom. The summed E-state index contributed by atoms with van der Waals surface area (Å²) in [4.78, 5) is 25.3. The predicted molar refractivity (Wildman–Crippen MR) is 164 cm³/mol. The van der Waals surface area contributed by atoms with Crippen LogP contribution in [0.5, 0.6) is 0 Å². The molecule has 2 unspecified atom stereocenters. The number of carbonyl (C=O) groups is 2. The van der Waals surface area contributed by atoms with Crippen LogP contribution in [-0.2, 0) is 9.47 Å². The Morgan fingerprint density at radius 2 is 1.79 bits per heavy atom. The molecule has 4 rings (SSSR count). The summed E-state index contributed by atoms with van der Waals surface area (Å²) in [6.07, 6.45) is 7.10. The number of rotatable bonds is 15. The van der Waals surface area contributed by atoms with Crippen LogP contribution in [0.3, 0.4) is 0 Å². The van der Waals surface area contributed by atoms with Crippen molar-refractivity contribution >= 4 is 23.6 Å². The zero-order valence-corrected chi connectivity index (χ0v) is 25.4. The van der Waals surface area contributed by atoms with Crippen molar-refractivity contribution in [3.8, 4) is 0 Å². The second kappa shape index (κ2) is 16.2. The summed E-state index contributed by atoms with van der Waals surface area (Å²) in [6, 6.07) is 13.0. The highest BCUT2D eigenvalue weighted by molar-refractivity contribution is 6.30. The summed E-state index contributed by atoms with van der Waals surface area (Å²) in [7, 11) is 3.21. The number of methoxy groups -OCH3 is 1. The van der Waals surface area contributed by atoms with Gasteiger partial charge in [0.2, 0.25) is 0 Å². The average molecular weight is 601 g/mol. The number of benzene rings is 2. The van der Waals surface area contributed by atoms with Gasteiger partial charge in [-0.1, -0.05) is 55.8 Å². The number of hydrogen-bond donors (Lipinski definition) is 5. The summed E-state index contributed by atoms with van der Waals surface area (Å²) in [5.41, 5.74) is 2.53. The number of amides is 2. The first kappa shape index (κ1) is 32.2. The monoisotopic (exact) mass is 600 g/mol. The first-order valence-electron chi connectivity index (χ1n) is 15.1. The van der Waals surface area contributed by atoms with Crippen LogP contribution >= 0.6 is 11.6 Å². The van der Waals surface area contributed by atoms with Crippen molar-refractivity contribution < 1.29 is 24.2 Å². The van der Waals surface area contributed by atoms with Gasteiger partial charge in [0.15, 0.2) is 0 Å². The third-order valence-corrected chi connectivity index (χ3v) is 8.19. The van der Waals surface area contributed by atoms with E-state index >= 15 is 0 Å². The molecule has 2 aliphatic carbocycles. The molecule has 0 aliphatic heterocycles. The van der Waals surface area contributed by atoms with Crippen molar-refractivity contribution in [3.05, 3.63) is 69.7 Å². The van der Waals surface area contributed by atoms with Gasteiger partial charge in [-0.05, 0) is 79.3 Å². The number of ether oxygens (including phenoxy) is 2. The van der Waals surface area contributed by atoms with Crippen LogP contribution in [0.1, 0.15) is 90.7 Å². The Kier molecular flexibility index (Phi) is 12.5. The van der Waals surface area contributed by atoms with Crippen LogP contribution in [0.15, 0.2) is 42.5 Å². The van der Waals surface area contributed by atoms with Crippen LogP contribution in [0.25, 0.3) is 0 Å². The molecule has 2 aliphatic rings. The minimum absolute atomic E-state index is 0.00316. The van der Waals surface area contributed by atoms with Crippen molar-refractivity contribution in [2.75, 3.05) is 33.9 Å². The summed E-state index contributed by atoms with van der Waals surface area (Å²) in [5, 5.41) is 24.0. The number of halogens is 1. The van der Waals surface area contributed by atoms with Gasteiger partial charge in [-0.2, -0.15) is 0 Å². The molecule has 2 amide bonds. The standard InChI is InChI=1S/C32H45ClN4O5/c1-34-20-28(15-21-7-4-3-5-8-21)37-31(39)25-17-23(16-24(18-25)30(38)36-27-11-12-27)29(22-9-6-10-26(33)19-22)42-14-13-35-32(40)41-2/h6,9-10,16-19,21,27-30,34,36,38H,3-5,7-8,11-15,20H2,1-2H3,(H,35,40)(H,37,39)/t28-,29?,30?/m0/s1. The van der Waals surface area contributed by atoms with E-state index in [1.807, 2.05) is 37.4 Å². The van der Waals surface area contributed by atoms with Gasteiger partial charge in [0, 0.05) is 35.8 Å². The fraction of sp³-hybridized carbons (Fsp3) is 0.562. The number of alkyl carbamates (subject to hydrolysis) is 1. The molecule has 9 nitrogen and oxygen atoms in total. The lowest BCUT2D eigenvalue weighted by molar-refractivity contribution is 0.0799. The average Bonchev–Trinajstić information content (AvgIpc) is 3.81. The van der Waals surface area contributed by atoms with Crippen LogP contribution in [-0.4, -0.2) is 63.0 Å². The van der Waals surface area contributed by atoms with E-state index < -0.39 is 18.4 Å². The van der Waals surface area contributed by atoms with Crippen LogP contribution in [0.2, 0.25) is 5.02 Å². The van der Waals surface area contributed by atoms with Crippen molar-refractivity contribution in [3.63, 3.8) is 0 Å². The molecule has 0 radical (unpaired) electrons. The minimum atomic E-state index is -0.930. The Hall–Kier alpha value is -2.69. The molecular formula is C32H45ClN4O5. The van der Waals surface area contributed by atoms with Crippen LogP contribution in [0.4, 0.5) is 4.79 Å². The lowest BCUT2D eigenvalue weighted by Crippen LogP contribution is -2.42. The van der Waals surface area contributed by atoms with E-state index in [2.05, 4.69) is 26.0 Å². The fourth-order valence-corrected chi connectivity index (χ4v) is 5.88. The maximum Gasteiger partial charge on any atom is 0.406 e. The zero-order valence-electron chi connectivity index (χ0n) is 24.7. The van der Waals surface area contributed by atoms with E-state index in [9.17, 15) is 14.7 Å². The molecule has 2 aromatic rings. The molecule has 0 spiro atoms. The van der Waals surface area contributed by atoms with Gasteiger partial charge in [0.1, 0.15) is 12.3 Å². The molecule has 3 atom stereocenters. The number of aliphatic hydroxyl groups excluding tert-OH is 1. The van der Waals surface area contributed by atoms with E-state index in [1.54, 1.807) is 12.1 Å². The van der Waals surface area contributed by atoms with Gasteiger partial charge in [-0.25, -0.2) is 4.79 Å². The Balaban J connectivity index is 1.61. The maximum atomic E-state index is 13.8. The van der Waals surface area contributed by atoms with Crippen molar-refractivity contribution in [2.24, 2.45) is 5.92 Å². The Labute approximate surface area is 254 Å². The van der Waals surface area contributed by atoms with Gasteiger partial charge in [0.05, 0.1) is 13.7 Å². The molecule has 5 N–H and O–H groups in total. The number of carbonyl (C=O) groups excluding carboxylic acids is 2. The Morgan fingerprint density at radius 3 is 2.48 bits per heavy atom. The SMILES string of the molecule is CNC[C@H](CC1CCCCC1)NC(=O)c1cc(C(O)NC2CC2)cc(C(OCCNC(=O)OC)c2cccc(Cl)c2)c1. The summed E-state index contributed by atoms with van der Waals surface area (Å²) in [5.74, 6) is 0.424. The lowest BCUT2D eigenvalue weighted by atomic mass is 9.84. The predicted octanol–water partition coefficient (Wildman–Crippen LogP) is 4.83. The zero-order chi connectivity index (χ0) is 29.9. The first-order chi connectivity index (χ1) is 20.4. The van der Waals surface area contributed by atoms with E-state index in [1.165, 1.54) is 39.2 Å². The van der Waals surface area contributed by atoms with E-state index in [-0.39, 0.29) is 31.1 Å². The van der Waals surface area contributed by atoms with Crippen molar-refractivity contribution in [1.29, 1.82) is 0 Å². The van der Waals surface area contributed by atoms with Crippen LogP contribution in [0, 0.1) is 5.92 Å². The number of nitrogens with one attached hydrogen (secondary N) is 4. The molecule has 2 aromatic carbocycles. The molecule has 2 saturated carbocycles. The molecule has 2 fully saturated rings. The molecule has 0 heterocycles. The molecule has 230 valence electrons. The molecule has 0 aromatic heterocycles. The van der Waals surface area contributed by atoms with Crippen molar-refractivity contribution in [1.82, 2.24) is 21.3 Å². The van der Waals surface area contributed by atoms with Gasteiger partial charge < -0.3 is 30.5 Å². The van der Waals surface area contributed by atoms with E-state index in [0.717, 1.165) is 24.8 Å². The maximum absolute atomic E-state index is 13.8. The second-order valence-corrected chi connectivity index (χ2v) is 11.9. The summed E-state index contributed by atoms with van der Waals surface area (Å²) >= 11 is 6.34. The smallest absolute Gasteiger partial charge is 0.406 e. The molecular weight excluding hydrogens is 556 g/mol. The van der Waals surface area contributed by atoms with E-state index in [4.69, 9.17) is 16.3 Å². The van der Waals surface area contributed by atoms with Crippen molar-refractivity contribution in [2.45, 2.75) is 75.8 Å². The van der Waals surface area contributed by atoms with Gasteiger partial charge in [0.25, 0.3) is 5.91 Å². The second-order valence-electron chi connectivity index (χ2n) is 11.4. The topological polar surface area (TPSA) is 121 Å². The van der Waals surface area contributed by atoms with E-state index in [0.29, 0.717) is 34.2 Å². The third-order valence-electron chi connectivity index (χ3n) is 7.95. The molecule has 0 bridgehead atoms. The molecule has 42 heavy (non-hydrogen) atoms. The number of aliphatic hydroxyl groups is 1. The highest BCUT2D eigenvalue weighted by atomic mass is 35.5. The first-order valence-corrected chi connectivity index (χ1v) is 15.5. The van der Waals surface area contributed by atoms with Gasteiger partial charge in [-0.15, -0.1) is 0 Å². The minimum Gasteiger partial charge on any atom is -0.453 e. The fourth-order valence-electron chi connectivity index (χ4n) is 5.68. The normalized spacial score (nSPS) is 17.7. The Bertz CT molecular complexity index is 1170. The molecule has 0 saturated heterocycles. The lowest BCUT2D eigenvalue weighted by Gasteiger charge is -2.27. The quantitative estimate of drug-likeness (QED) is 0.147. The van der Waals surface area contributed by atoms with Gasteiger partial charge in [-0.3, -0.25) is 10.1 Å². The number of hydrogen-bond acceptors (Lipinski definition) is 7. The largest absolute Gasteiger partial charge is 0.453 e. The molecule has 10 heteroatoms. The number of likely N-dealkylation sites (N-methyl/N-ethyl adjacent to an activating group) is 1. The highest BCUT2D eigenvalue weighted by Crippen LogP contribution is 2.32.